The maximum absolute atomic E-state index is 11.8. The van der Waals surface area contributed by atoms with Crippen molar-refractivity contribution in [3.8, 4) is 0 Å². The first-order valence-corrected chi connectivity index (χ1v) is 12.7. The molecule has 36 heavy (non-hydrogen) atoms. The van der Waals surface area contributed by atoms with Gasteiger partial charge in [-0.25, -0.2) is 16.8 Å². The van der Waals surface area contributed by atoms with Gasteiger partial charge in [-0.05, 0) is 25.7 Å². The van der Waals surface area contributed by atoms with Gasteiger partial charge in [0.25, 0.3) is 11.8 Å². The molecule has 0 saturated carbocycles. The summed E-state index contributed by atoms with van der Waals surface area (Å²) in [5.74, 6) is -3.33. The number of nitrogens with zero attached hydrogens (tertiary/aromatic N) is 2. The molecule has 20 heteroatoms. The second-order valence-corrected chi connectivity index (χ2v) is 10.4. The van der Waals surface area contributed by atoms with Gasteiger partial charge < -0.3 is 30.4 Å². The fourth-order valence-corrected chi connectivity index (χ4v) is 5.78. The van der Waals surface area contributed by atoms with E-state index < -0.39 is 68.7 Å². The van der Waals surface area contributed by atoms with Gasteiger partial charge >= 0.3 is 59.1 Å². The molecule has 6 atom stereocenters. The molecule has 4 bridgehead atoms. The number of hydrogen-bond donors (Lipinski definition) is 2. The monoisotopic (exact) mass is 572 g/mol. The molecule has 4 aliphatic rings. The predicted molar refractivity (Wildman–Crippen MR) is 104 cm³/mol. The van der Waals surface area contributed by atoms with Crippen LogP contribution in [0, 0.1) is 11.8 Å². The predicted octanol–water partition coefficient (Wildman–Crippen LogP) is -10.1. The third-order valence-corrected chi connectivity index (χ3v) is 7.13. The average molecular weight is 572 g/mol. The van der Waals surface area contributed by atoms with Gasteiger partial charge in [0.2, 0.25) is 32.6 Å². The molecule has 0 spiro atoms. The first-order chi connectivity index (χ1) is 15.6. The summed E-state index contributed by atoms with van der Waals surface area (Å²) in [6, 6.07) is -1.47. The summed E-state index contributed by atoms with van der Waals surface area (Å²) in [7, 11) is -9.86. The van der Waals surface area contributed by atoms with Gasteiger partial charge in [0.15, 0.2) is 12.2 Å². The van der Waals surface area contributed by atoms with Crippen molar-refractivity contribution in [1.29, 1.82) is 0 Å². The number of nitrogens with two attached hydrogens (primary N) is 2. The number of hydrogen-bond acceptors (Lipinski definition) is 12. The van der Waals surface area contributed by atoms with E-state index in [1.165, 1.54) is 9.80 Å². The number of fused-ring (bicyclic) bond motifs is 4. The van der Waals surface area contributed by atoms with Crippen LogP contribution in [0.15, 0.2) is 0 Å². The van der Waals surface area contributed by atoms with Crippen LogP contribution in [-0.4, -0.2) is 96.8 Å². The molecule has 4 saturated heterocycles. The van der Waals surface area contributed by atoms with Crippen LogP contribution in [0.3, 0.4) is 0 Å². The Balaban J connectivity index is 0.000000341. The second kappa shape index (κ2) is 12.6. The first-order valence-electron chi connectivity index (χ1n) is 10.1. The maximum atomic E-state index is 11.8. The summed E-state index contributed by atoms with van der Waals surface area (Å²) >= 11 is 0. The minimum atomic E-state index is -4.93. The summed E-state index contributed by atoms with van der Waals surface area (Å²) in [5.41, 5.74) is 10.3. The van der Waals surface area contributed by atoms with E-state index in [2.05, 4.69) is 8.37 Å². The van der Waals surface area contributed by atoms with Crippen molar-refractivity contribution >= 4 is 44.4 Å². The van der Waals surface area contributed by atoms with Crippen molar-refractivity contribution in [3.63, 3.8) is 0 Å². The molecule has 4 N–H and O–H groups in total. The minimum Gasteiger partial charge on any atom is -0.726 e. The zero-order chi connectivity index (χ0) is 25.6. The number of amides is 4. The summed E-state index contributed by atoms with van der Waals surface area (Å²) in [6.45, 7) is 0.402. The van der Waals surface area contributed by atoms with Gasteiger partial charge in [-0.2, -0.15) is 0 Å². The van der Waals surface area contributed by atoms with E-state index in [0.29, 0.717) is 25.7 Å². The normalized spacial score (nSPS) is 31.1. The van der Waals surface area contributed by atoms with Gasteiger partial charge in [-0.3, -0.25) is 27.5 Å². The number of piperidine rings is 2. The van der Waals surface area contributed by atoms with E-state index in [4.69, 9.17) is 11.5 Å². The summed E-state index contributed by atoms with van der Waals surface area (Å²) in [6.07, 6.45) is -1.02. The third kappa shape index (κ3) is 7.82. The Bertz CT molecular complexity index is 1020. The Hall–Kier alpha value is -0.380. The summed E-state index contributed by atoms with van der Waals surface area (Å²) in [4.78, 5) is 48.1. The Morgan fingerprint density at radius 1 is 0.722 bits per heavy atom. The van der Waals surface area contributed by atoms with E-state index in [9.17, 15) is 45.1 Å². The molecular weight excluding hydrogens is 550 g/mol. The number of carbonyl (C=O) groups excluding carboxylic acids is 4. The number of primary amides is 2. The fraction of sp³-hybridized carbons (Fsp3) is 0.750. The molecule has 0 aliphatic carbocycles. The van der Waals surface area contributed by atoms with Crippen LogP contribution in [0.4, 0.5) is 0 Å². The molecule has 192 valence electrons. The molecule has 16 nitrogen and oxygen atoms in total. The van der Waals surface area contributed by atoms with Crippen molar-refractivity contribution in [2.75, 3.05) is 13.1 Å². The van der Waals surface area contributed by atoms with Gasteiger partial charge in [0.05, 0.1) is 0 Å². The van der Waals surface area contributed by atoms with Crippen LogP contribution in [0.5, 0.6) is 0 Å². The van der Waals surface area contributed by atoms with E-state index >= 15 is 0 Å². The van der Waals surface area contributed by atoms with E-state index in [1.807, 2.05) is 0 Å². The number of rotatable bonds is 6. The van der Waals surface area contributed by atoms with Gasteiger partial charge in [0.1, 0.15) is 12.1 Å². The standard InChI is InChI=1S/2C8H12N2O6S.2Na/c2*9-7(11)5-2-1-4-3-10(5)8(12)6(4)16-17(13,14)15;;/h2*4-6H,1-3H2,(H2,9,11)(H,13,14,15);;/q;;2*+1/p-2/t2*4-,5-,6?;;/m10../s1. The Kier molecular flexibility index (Phi) is 11.8. The number of carbonyl (C=O) groups is 4. The van der Waals surface area contributed by atoms with Crippen LogP contribution in [-0.2, 0) is 48.3 Å². The second-order valence-electron chi connectivity index (χ2n) is 8.34. The quantitative estimate of drug-likeness (QED) is 0.171. The molecule has 0 aromatic heterocycles. The van der Waals surface area contributed by atoms with Crippen LogP contribution in [0.25, 0.3) is 0 Å². The van der Waals surface area contributed by atoms with Gasteiger partial charge in [-0.1, -0.05) is 0 Å². The molecule has 4 amide bonds. The average Bonchev–Trinajstić information content (AvgIpc) is 3.06. The molecule has 4 heterocycles. The van der Waals surface area contributed by atoms with Crippen molar-refractivity contribution in [2.24, 2.45) is 23.3 Å². The zero-order valence-electron chi connectivity index (χ0n) is 19.5. The maximum Gasteiger partial charge on any atom is 1.00 e. The van der Waals surface area contributed by atoms with Crippen LogP contribution in [0.1, 0.15) is 25.7 Å². The van der Waals surface area contributed by atoms with E-state index in [1.54, 1.807) is 0 Å². The third-order valence-electron chi connectivity index (χ3n) is 6.25. The molecule has 4 fully saturated rings. The molecule has 4 aliphatic heterocycles. The smallest absolute Gasteiger partial charge is 0.726 e. The van der Waals surface area contributed by atoms with Crippen LogP contribution in [0.2, 0.25) is 0 Å². The van der Waals surface area contributed by atoms with Gasteiger partial charge in [-0.15, -0.1) is 0 Å². The molecule has 4 rings (SSSR count). The molecule has 0 aromatic rings. The topological polar surface area (TPSA) is 260 Å². The molecule has 0 radical (unpaired) electrons. The first kappa shape index (κ1) is 33.6. The van der Waals surface area contributed by atoms with Crippen molar-refractivity contribution in [1.82, 2.24) is 9.80 Å². The molecule has 0 aromatic carbocycles. The Morgan fingerprint density at radius 2 is 1.03 bits per heavy atom. The molecular formula is C16H22N4Na2O12S2. The Morgan fingerprint density at radius 3 is 1.28 bits per heavy atom. The van der Waals surface area contributed by atoms with Gasteiger partial charge in [0, 0.05) is 24.9 Å². The van der Waals surface area contributed by atoms with Crippen molar-refractivity contribution in [2.45, 2.75) is 50.0 Å². The summed E-state index contributed by atoms with van der Waals surface area (Å²) in [5, 5.41) is 0. The van der Waals surface area contributed by atoms with Crippen molar-refractivity contribution in [3.05, 3.63) is 0 Å². The zero-order valence-corrected chi connectivity index (χ0v) is 25.1. The largest absolute Gasteiger partial charge is 1.00 e. The van der Waals surface area contributed by atoms with Crippen LogP contribution >= 0.6 is 0 Å². The van der Waals surface area contributed by atoms with E-state index in [-0.39, 0.29) is 84.0 Å². The summed E-state index contributed by atoms with van der Waals surface area (Å²) < 4.78 is 71.4. The van der Waals surface area contributed by atoms with Crippen LogP contribution < -0.4 is 70.6 Å². The fourth-order valence-electron chi connectivity index (χ4n) is 4.79. The minimum absolute atomic E-state index is 0. The van der Waals surface area contributed by atoms with E-state index in [0.717, 1.165) is 0 Å². The molecule has 2 unspecified atom stereocenters. The van der Waals surface area contributed by atoms with Crippen molar-refractivity contribution < 1.29 is 113 Å². The SMILES string of the molecule is NC(=O)[C@@H]1CC[C@H]2CN1C(=O)C2OS(=O)(=O)[O-].NC(=O)[C@H]1CC[C@@H]2CN1C(=O)C2OS(=O)(=O)[O-].[Na+].[Na+]. The Labute approximate surface area is 251 Å².